The number of rotatable bonds is 8. The van der Waals surface area contributed by atoms with Crippen LogP contribution in [0.1, 0.15) is 29.8 Å². The average molecular weight is 431 g/mol. The largest absolute Gasteiger partial charge is 0.492 e. The topological polar surface area (TPSA) is 63.8 Å². The van der Waals surface area contributed by atoms with Crippen molar-refractivity contribution in [2.45, 2.75) is 13.8 Å². The van der Waals surface area contributed by atoms with Crippen LogP contribution in [0, 0.1) is 0 Å². The van der Waals surface area contributed by atoms with Crippen molar-refractivity contribution in [2.75, 3.05) is 40.5 Å². The molecule has 160 valence electrons. The van der Waals surface area contributed by atoms with Crippen LogP contribution in [0.4, 0.5) is 0 Å². The third-order valence-corrected chi connectivity index (χ3v) is 5.00. The zero-order valence-electron chi connectivity index (χ0n) is 17.7. The Morgan fingerprint density at radius 3 is 2.23 bits per heavy atom. The van der Waals surface area contributed by atoms with Crippen molar-refractivity contribution in [1.29, 1.82) is 0 Å². The number of ether oxygens (including phenoxy) is 3. The van der Waals surface area contributed by atoms with E-state index in [0.29, 0.717) is 42.4 Å². The minimum Gasteiger partial charge on any atom is -0.492 e. The summed E-state index contributed by atoms with van der Waals surface area (Å²) in [6, 6.07) is 9.53. The van der Waals surface area contributed by atoms with Gasteiger partial charge in [0.2, 0.25) is 0 Å². The Morgan fingerprint density at radius 1 is 0.933 bits per heavy atom. The van der Waals surface area contributed by atoms with Gasteiger partial charge in [-0.3, -0.25) is 4.79 Å². The van der Waals surface area contributed by atoms with Crippen LogP contribution in [0.5, 0.6) is 17.2 Å². The van der Waals surface area contributed by atoms with E-state index in [-0.39, 0.29) is 18.2 Å². The van der Waals surface area contributed by atoms with Crippen molar-refractivity contribution in [2.24, 2.45) is 0 Å². The molecule has 30 heavy (non-hydrogen) atoms. The van der Waals surface area contributed by atoms with Gasteiger partial charge in [0.15, 0.2) is 17.3 Å². The molecule has 0 saturated heterocycles. The summed E-state index contributed by atoms with van der Waals surface area (Å²) >= 11 is 0. The molecule has 0 amide bonds. The first-order valence-corrected chi connectivity index (χ1v) is 9.95. The Labute approximate surface area is 182 Å². The van der Waals surface area contributed by atoms with E-state index >= 15 is 0 Å². The number of hydrogen-bond acceptors (Lipinski definition) is 5. The van der Waals surface area contributed by atoms with Crippen LogP contribution in [0.3, 0.4) is 0 Å². The zero-order chi connectivity index (χ0) is 20.5. The normalized spacial score (nSPS) is 12.0. The van der Waals surface area contributed by atoms with E-state index in [1.54, 1.807) is 6.07 Å². The number of aromatic amines is 1. The van der Waals surface area contributed by atoms with Crippen LogP contribution in [-0.4, -0.2) is 56.1 Å². The first-order valence-electron chi connectivity index (χ1n) is 9.95. The molecule has 0 aliphatic heterocycles. The first-order chi connectivity index (χ1) is 14.0. The van der Waals surface area contributed by atoms with Crippen molar-refractivity contribution in [1.82, 2.24) is 9.88 Å². The number of carbonyl (C=O) groups is 1. The monoisotopic (exact) mass is 430 g/mol. The number of halogens is 1. The second kappa shape index (κ2) is 8.98. The fraction of sp³-hybridized carbons (Fsp3) is 0.348. The standard InChI is InChI=1S/C23H26N2O4.ClH/c1-5-27-19-12-15-16(13-20(19)28-6-2)23(26)21-17-11-14(29-10-9-25(3)4)7-8-18(17)24-22(15)21;/h7-8,11-13,24H,5-6,9-10H2,1-4H3;1H. The van der Waals surface area contributed by atoms with Gasteiger partial charge in [0.05, 0.1) is 24.5 Å². The Balaban J connectivity index is 0.00000256. The molecular weight excluding hydrogens is 404 g/mol. The second-order valence-corrected chi connectivity index (χ2v) is 7.27. The van der Waals surface area contributed by atoms with Gasteiger partial charge in [-0.2, -0.15) is 0 Å². The summed E-state index contributed by atoms with van der Waals surface area (Å²) < 4.78 is 17.3. The lowest BCUT2D eigenvalue weighted by Crippen LogP contribution is -2.19. The Bertz CT molecular complexity index is 1070. The number of nitrogens with zero attached hydrogens (tertiary/aromatic N) is 1. The number of ketones is 1. The highest BCUT2D eigenvalue weighted by molar-refractivity contribution is 6.27. The van der Waals surface area contributed by atoms with Crippen LogP contribution >= 0.6 is 12.4 Å². The van der Waals surface area contributed by atoms with Crippen molar-refractivity contribution in [3.8, 4) is 28.5 Å². The molecule has 2 aromatic carbocycles. The lowest BCUT2D eigenvalue weighted by molar-refractivity contribution is 0.104. The number of fused-ring (bicyclic) bond motifs is 5. The van der Waals surface area contributed by atoms with Gasteiger partial charge in [-0.05, 0) is 58.3 Å². The van der Waals surface area contributed by atoms with E-state index < -0.39 is 0 Å². The lowest BCUT2D eigenvalue weighted by Gasteiger charge is -2.13. The lowest BCUT2D eigenvalue weighted by atomic mass is 10.1. The number of benzene rings is 2. The molecule has 1 heterocycles. The van der Waals surface area contributed by atoms with E-state index in [0.717, 1.165) is 34.5 Å². The maximum Gasteiger partial charge on any atom is 0.196 e. The molecule has 0 atom stereocenters. The highest BCUT2D eigenvalue weighted by Crippen LogP contribution is 2.45. The SMILES string of the molecule is CCOc1cc2c(cc1OCC)-c1[nH]c3ccc(OCCN(C)C)cc3c1C2=O.Cl. The molecule has 6 nitrogen and oxygen atoms in total. The van der Waals surface area contributed by atoms with Crippen molar-refractivity contribution in [3.63, 3.8) is 0 Å². The van der Waals surface area contributed by atoms with Crippen molar-refractivity contribution >= 4 is 29.1 Å². The zero-order valence-corrected chi connectivity index (χ0v) is 18.5. The van der Waals surface area contributed by atoms with Crippen molar-refractivity contribution in [3.05, 3.63) is 41.5 Å². The van der Waals surface area contributed by atoms with Gasteiger partial charge in [-0.25, -0.2) is 0 Å². The quantitative estimate of drug-likeness (QED) is 0.444. The molecule has 3 aromatic rings. The van der Waals surface area contributed by atoms with Gasteiger partial charge in [-0.15, -0.1) is 12.4 Å². The molecule has 1 N–H and O–H groups in total. The minimum atomic E-state index is -0.00399. The third-order valence-electron chi connectivity index (χ3n) is 5.00. The summed E-state index contributed by atoms with van der Waals surface area (Å²) in [6.07, 6.45) is 0. The van der Waals surface area contributed by atoms with Crippen LogP contribution < -0.4 is 14.2 Å². The smallest absolute Gasteiger partial charge is 0.196 e. The molecule has 0 unspecified atom stereocenters. The van der Waals surface area contributed by atoms with Gasteiger partial charge in [-0.1, -0.05) is 0 Å². The summed E-state index contributed by atoms with van der Waals surface area (Å²) in [5.74, 6) is 2.01. The number of carbonyl (C=O) groups excluding carboxylic acids is 1. The number of aromatic nitrogens is 1. The van der Waals surface area contributed by atoms with E-state index in [9.17, 15) is 4.79 Å². The fourth-order valence-electron chi connectivity index (χ4n) is 3.67. The molecule has 4 rings (SSSR count). The van der Waals surface area contributed by atoms with Crippen LogP contribution in [0.25, 0.3) is 22.2 Å². The molecule has 1 aromatic heterocycles. The van der Waals surface area contributed by atoms with E-state index in [2.05, 4.69) is 9.88 Å². The maximum atomic E-state index is 13.2. The molecule has 0 spiro atoms. The summed E-state index contributed by atoms with van der Waals surface area (Å²) in [7, 11) is 4.02. The highest BCUT2D eigenvalue weighted by Gasteiger charge is 2.32. The summed E-state index contributed by atoms with van der Waals surface area (Å²) in [4.78, 5) is 18.7. The molecule has 0 radical (unpaired) electrons. The minimum absolute atomic E-state index is 0. The maximum absolute atomic E-state index is 13.2. The van der Waals surface area contributed by atoms with E-state index in [1.165, 1.54) is 0 Å². The summed E-state index contributed by atoms with van der Waals surface area (Å²) in [5.41, 5.74) is 3.92. The molecule has 1 aliphatic carbocycles. The van der Waals surface area contributed by atoms with Gasteiger partial charge in [0.25, 0.3) is 0 Å². The number of H-pyrrole nitrogens is 1. The molecule has 1 aliphatic rings. The van der Waals surface area contributed by atoms with Gasteiger partial charge < -0.3 is 24.1 Å². The molecular formula is C23H27ClN2O4. The molecule has 0 fully saturated rings. The molecule has 0 bridgehead atoms. The third kappa shape index (κ3) is 3.85. The van der Waals surface area contributed by atoms with Crippen LogP contribution in [0.15, 0.2) is 30.3 Å². The number of hydrogen-bond donors (Lipinski definition) is 1. The predicted molar refractivity (Wildman–Crippen MR) is 121 cm³/mol. The number of nitrogens with one attached hydrogen (secondary N) is 1. The number of likely N-dealkylation sites (N-methyl/N-ethyl adjacent to an activating group) is 1. The van der Waals surface area contributed by atoms with Crippen molar-refractivity contribution < 1.29 is 19.0 Å². The summed E-state index contributed by atoms with van der Waals surface area (Å²) in [5, 5.41) is 0.875. The molecule has 0 saturated carbocycles. The Morgan fingerprint density at radius 2 is 1.60 bits per heavy atom. The second-order valence-electron chi connectivity index (χ2n) is 7.27. The average Bonchev–Trinajstić information content (AvgIpc) is 3.18. The molecule has 7 heteroatoms. The van der Waals surface area contributed by atoms with Crippen LogP contribution in [0.2, 0.25) is 0 Å². The van der Waals surface area contributed by atoms with Gasteiger partial charge in [0, 0.05) is 28.6 Å². The van der Waals surface area contributed by atoms with E-state index in [1.807, 2.05) is 52.2 Å². The Hall–Kier alpha value is -2.70. The van der Waals surface area contributed by atoms with Gasteiger partial charge in [0.1, 0.15) is 12.4 Å². The first kappa shape index (κ1) is 22.0. The van der Waals surface area contributed by atoms with Crippen LogP contribution in [-0.2, 0) is 0 Å². The van der Waals surface area contributed by atoms with Gasteiger partial charge >= 0.3 is 0 Å². The fourth-order valence-corrected chi connectivity index (χ4v) is 3.67. The highest BCUT2D eigenvalue weighted by atomic mass is 35.5. The summed E-state index contributed by atoms with van der Waals surface area (Å²) in [6.45, 7) is 6.30. The van der Waals surface area contributed by atoms with E-state index in [4.69, 9.17) is 14.2 Å². The Kier molecular flexibility index (Phi) is 6.58. The predicted octanol–water partition coefficient (Wildman–Crippen LogP) is 4.54.